The van der Waals surface area contributed by atoms with Gasteiger partial charge in [0.1, 0.15) is 0 Å². The second-order valence-corrected chi connectivity index (χ2v) is 5.72. The summed E-state index contributed by atoms with van der Waals surface area (Å²) in [4.78, 5) is 11.7. The standard InChI is InChI=1S/C18H26N2O/c1-15-7-5-6-10-17(15)12-14-20-18(21)19-13-11-16-8-3-2-4-9-16/h5-8,10H,2-4,9,11-14H2,1H3,(H2,19,20,21). The van der Waals surface area contributed by atoms with E-state index in [4.69, 9.17) is 0 Å². The van der Waals surface area contributed by atoms with Crippen LogP contribution in [0.5, 0.6) is 0 Å². The van der Waals surface area contributed by atoms with E-state index >= 15 is 0 Å². The van der Waals surface area contributed by atoms with Crippen LogP contribution in [0.2, 0.25) is 0 Å². The molecule has 2 amide bonds. The smallest absolute Gasteiger partial charge is 0.314 e. The number of aryl methyl sites for hydroxylation is 1. The molecule has 21 heavy (non-hydrogen) atoms. The highest BCUT2D eigenvalue weighted by atomic mass is 16.2. The Bertz CT molecular complexity index is 494. The third-order valence-corrected chi connectivity index (χ3v) is 4.06. The molecule has 0 aromatic heterocycles. The van der Waals surface area contributed by atoms with Crippen molar-refractivity contribution in [3.05, 3.63) is 47.0 Å². The first-order valence-corrected chi connectivity index (χ1v) is 8.00. The van der Waals surface area contributed by atoms with Crippen LogP contribution in [0, 0.1) is 6.92 Å². The topological polar surface area (TPSA) is 41.1 Å². The first-order valence-electron chi connectivity index (χ1n) is 8.00. The van der Waals surface area contributed by atoms with Crippen molar-refractivity contribution in [2.45, 2.75) is 45.4 Å². The van der Waals surface area contributed by atoms with Crippen molar-refractivity contribution in [2.24, 2.45) is 0 Å². The summed E-state index contributed by atoms with van der Waals surface area (Å²) in [6, 6.07) is 8.25. The van der Waals surface area contributed by atoms with Gasteiger partial charge >= 0.3 is 6.03 Å². The summed E-state index contributed by atoms with van der Waals surface area (Å²) >= 11 is 0. The van der Waals surface area contributed by atoms with E-state index < -0.39 is 0 Å². The Morgan fingerprint density at radius 1 is 1.10 bits per heavy atom. The highest BCUT2D eigenvalue weighted by molar-refractivity contribution is 5.73. The molecule has 0 fully saturated rings. The lowest BCUT2D eigenvalue weighted by Gasteiger charge is -2.13. The van der Waals surface area contributed by atoms with Crippen LogP contribution in [0.25, 0.3) is 0 Å². The van der Waals surface area contributed by atoms with Crippen molar-refractivity contribution in [2.75, 3.05) is 13.1 Å². The van der Waals surface area contributed by atoms with Crippen LogP contribution in [-0.4, -0.2) is 19.1 Å². The van der Waals surface area contributed by atoms with Crippen molar-refractivity contribution in [1.82, 2.24) is 10.6 Å². The number of carbonyl (C=O) groups excluding carboxylic acids is 1. The Balaban J connectivity index is 1.59. The first kappa shape index (κ1) is 15.6. The van der Waals surface area contributed by atoms with E-state index in [0.717, 1.165) is 19.4 Å². The van der Waals surface area contributed by atoms with Crippen molar-refractivity contribution in [3.8, 4) is 0 Å². The third kappa shape index (κ3) is 5.62. The summed E-state index contributed by atoms with van der Waals surface area (Å²) < 4.78 is 0. The summed E-state index contributed by atoms with van der Waals surface area (Å²) in [5.74, 6) is 0. The van der Waals surface area contributed by atoms with Crippen LogP contribution in [0.1, 0.15) is 43.2 Å². The SMILES string of the molecule is Cc1ccccc1CCNC(=O)NCCC1=CCCCC1. The molecule has 3 heteroatoms. The molecule has 2 N–H and O–H groups in total. The van der Waals surface area contributed by atoms with Gasteiger partial charge in [-0.15, -0.1) is 0 Å². The first-order chi connectivity index (χ1) is 10.3. The average molecular weight is 286 g/mol. The molecule has 0 spiro atoms. The van der Waals surface area contributed by atoms with Crippen LogP contribution in [-0.2, 0) is 6.42 Å². The Kier molecular flexibility index (Phi) is 6.32. The number of amides is 2. The molecule has 0 bridgehead atoms. The number of hydrogen-bond donors (Lipinski definition) is 2. The van der Waals surface area contributed by atoms with E-state index in [-0.39, 0.29) is 6.03 Å². The molecule has 0 heterocycles. The highest BCUT2D eigenvalue weighted by Crippen LogP contribution is 2.19. The summed E-state index contributed by atoms with van der Waals surface area (Å²) in [5, 5.41) is 5.87. The molecule has 1 aliphatic rings. The molecule has 2 rings (SSSR count). The molecule has 0 saturated heterocycles. The Hall–Kier alpha value is -1.77. The molecular weight excluding hydrogens is 260 g/mol. The summed E-state index contributed by atoms with van der Waals surface area (Å²) in [6.07, 6.45) is 9.23. The number of nitrogens with one attached hydrogen (secondary N) is 2. The Morgan fingerprint density at radius 2 is 1.86 bits per heavy atom. The van der Waals surface area contributed by atoms with Crippen molar-refractivity contribution < 1.29 is 4.79 Å². The van der Waals surface area contributed by atoms with Crippen LogP contribution < -0.4 is 10.6 Å². The van der Waals surface area contributed by atoms with Crippen LogP contribution in [0.3, 0.4) is 0 Å². The minimum absolute atomic E-state index is 0.0556. The lowest BCUT2D eigenvalue weighted by molar-refractivity contribution is 0.241. The van der Waals surface area contributed by atoms with Gasteiger partial charge in [0.2, 0.25) is 0 Å². The maximum Gasteiger partial charge on any atom is 0.314 e. The fourth-order valence-corrected chi connectivity index (χ4v) is 2.73. The van der Waals surface area contributed by atoms with Crippen molar-refractivity contribution >= 4 is 6.03 Å². The fourth-order valence-electron chi connectivity index (χ4n) is 2.73. The predicted molar refractivity (Wildman–Crippen MR) is 87.5 cm³/mol. The van der Waals surface area contributed by atoms with Crippen LogP contribution >= 0.6 is 0 Å². The molecule has 114 valence electrons. The minimum Gasteiger partial charge on any atom is -0.338 e. The van der Waals surface area contributed by atoms with E-state index in [1.54, 1.807) is 0 Å². The normalized spacial score (nSPS) is 14.4. The van der Waals surface area contributed by atoms with Gasteiger partial charge in [0.15, 0.2) is 0 Å². The van der Waals surface area contributed by atoms with Gasteiger partial charge in [-0.25, -0.2) is 4.79 Å². The zero-order chi connectivity index (χ0) is 14.9. The Morgan fingerprint density at radius 3 is 2.57 bits per heavy atom. The van der Waals surface area contributed by atoms with Crippen molar-refractivity contribution in [1.29, 1.82) is 0 Å². The number of benzene rings is 1. The van der Waals surface area contributed by atoms with Crippen LogP contribution in [0.15, 0.2) is 35.9 Å². The van der Waals surface area contributed by atoms with Gasteiger partial charge < -0.3 is 10.6 Å². The maximum atomic E-state index is 11.7. The second kappa shape index (κ2) is 8.50. The molecule has 3 nitrogen and oxygen atoms in total. The largest absolute Gasteiger partial charge is 0.338 e. The quantitative estimate of drug-likeness (QED) is 0.769. The molecule has 1 aliphatic carbocycles. The number of urea groups is 1. The van der Waals surface area contributed by atoms with Gasteiger partial charge in [-0.2, -0.15) is 0 Å². The number of rotatable bonds is 6. The summed E-state index contributed by atoms with van der Waals surface area (Å²) in [7, 11) is 0. The monoisotopic (exact) mass is 286 g/mol. The van der Waals surface area contributed by atoms with Gasteiger partial charge in [0.05, 0.1) is 0 Å². The molecular formula is C18H26N2O. The third-order valence-electron chi connectivity index (χ3n) is 4.06. The molecule has 0 saturated carbocycles. The minimum atomic E-state index is -0.0556. The fraction of sp³-hybridized carbons (Fsp3) is 0.500. The predicted octanol–water partition coefficient (Wildman–Crippen LogP) is 3.73. The maximum absolute atomic E-state index is 11.7. The molecule has 1 aromatic rings. The van der Waals surface area contributed by atoms with E-state index in [0.29, 0.717) is 6.54 Å². The molecule has 0 unspecified atom stereocenters. The highest BCUT2D eigenvalue weighted by Gasteiger charge is 2.05. The van der Waals surface area contributed by atoms with Gasteiger partial charge in [0.25, 0.3) is 0 Å². The molecule has 0 radical (unpaired) electrons. The molecule has 0 aliphatic heterocycles. The van der Waals surface area contributed by atoms with Gasteiger partial charge in [-0.05, 0) is 56.6 Å². The van der Waals surface area contributed by atoms with E-state index in [9.17, 15) is 4.79 Å². The zero-order valence-electron chi connectivity index (χ0n) is 13.0. The van der Waals surface area contributed by atoms with Crippen LogP contribution in [0.4, 0.5) is 4.79 Å². The van der Waals surface area contributed by atoms with Gasteiger partial charge in [-0.1, -0.05) is 35.9 Å². The summed E-state index contributed by atoms with van der Waals surface area (Å²) in [6.45, 7) is 3.52. The summed E-state index contributed by atoms with van der Waals surface area (Å²) in [5.41, 5.74) is 4.08. The lowest BCUT2D eigenvalue weighted by atomic mass is 9.97. The molecule has 1 aromatic carbocycles. The number of hydrogen-bond acceptors (Lipinski definition) is 1. The number of carbonyl (C=O) groups is 1. The number of allylic oxidation sites excluding steroid dienone is 1. The van der Waals surface area contributed by atoms with Crippen molar-refractivity contribution in [3.63, 3.8) is 0 Å². The second-order valence-electron chi connectivity index (χ2n) is 5.72. The van der Waals surface area contributed by atoms with E-state index in [2.05, 4.69) is 35.8 Å². The lowest BCUT2D eigenvalue weighted by Crippen LogP contribution is -2.37. The van der Waals surface area contributed by atoms with Gasteiger partial charge in [0, 0.05) is 13.1 Å². The van der Waals surface area contributed by atoms with E-state index in [1.807, 2.05) is 12.1 Å². The molecule has 0 atom stereocenters. The Labute approximate surface area is 127 Å². The average Bonchev–Trinajstić information content (AvgIpc) is 2.50. The zero-order valence-corrected chi connectivity index (χ0v) is 13.0. The van der Waals surface area contributed by atoms with Gasteiger partial charge in [-0.3, -0.25) is 0 Å². The van der Waals surface area contributed by atoms with E-state index in [1.165, 1.54) is 42.4 Å².